The number of carbonyl (C=O) groups is 1. The van der Waals surface area contributed by atoms with Gasteiger partial charge in [-0.25, -0.2) is 15.0 Å². The van der Waals surface area contributed by atoms with Crippen LogP contribution in [0.1, 0.15) is 48.5 Å². The molecule has 0 aliphatic carbocycles. The molecule has 0 radical (unpaired) electrons. The van der Waals surface area contributed by atoms with E-state index in [1.807, 2.05) is 27.7 Å². The molecule has 6 nitrogen and oxygen atoms in total. The zero-order valence-electron chi connectivity index (χ0n) is 12.1. The lowest BCUT2D eigenvalue weighted by molar-refractivity contribution is 0.0945. The van der Waals surface area contributed by atoms with Gasteiger partial charge in [0.25, 0.3) is 5.91 Å². The SMILES string of the molecule is Cc1cnc(CNC(=O)c2coc(C(C)(C)C)n2)nc1. The summed E-state index contributed by atoms with van der Waals surface area (Å²) < 4.78 is 5.31. The van der Waals surface area contributed by atoms with Gasteiger partial charge in [0.05, 0.1) is 6.54 Å². The van der Waals surface area contributed by atoms with Crippen LogP contribution in [0.4, 0.5) is 0 Å². The highest BCUT2D eigenvalue weighted by Crippen LogP contribution is 2.20. The van der Waals surface area contributed by atoms with Crippen LogP contribution in [0.3, 0.4) is 0 Å². The number of oxazole rings is 1. The first-order valence-corrected chi connectivity index (χ1v) is 6.38. The van der Waals surface area contributed by atoms with Crippen LogP contribution in [-0.4, -0.2) is 20.9 Å². The van der Waals surface area contributed by atoms with Crippen LogP contribution in [0.25, 0.3) is 0 Å². The number of hydrogen-bond acceptors (Lipinski definition) is 5. The van der Waals surface area contributed by atoms with Crippen molar-refractivity contribution >= 4 is 5.91 Å². The van der Waals surface area contributed by atoms with Gasteiger partial charge < -0.3 is 9.73 Å². The standard InChI is InChI=1S/C14H18N4O2/c1-9-5-15-11(16-6-9)7-17-12(19)10-8-20-13(18-10)14(2,3)4/h5-6,8H,7H2,1-4H3,(H,17,19). The third-order valence-corrected chi connectivity index (χ3v) is 2.62. The molecule has 0 bridgehead atoms. The fraction of sp³-hybridized carbons (Fsp3) is 0.429. The molecule has 6 heteroatoms. The van der Waals surface area contributed by atoms with Gasteiger partial charge in [-0.3, -0.25) is 4.79 Å². The van der Waals surface area contributed by atoms with E-state index < -0.39 is 0 Å². The van der Waals surface area contributed by atoms with E-state index in [0.717, 1.165) is 5.56 Å². The molecule has 0 unspecified atom stereocenters. The molecule has 0 saturated heterocycles. The van der Waals surface area contributed by atoms with Crippen LogP contribution in [0.2, 0.25) is 0 Å². The number of amides is 1. The fourth-order valence-corrected chi connectivity index (χ4v) is 1.48. The van der Waals surface area contributed by atoms with Gasteiger partial charge in [0.2, 0.25) is 0 Å². The van der Waals surface area contributed by atoms with Crippen molar-refractivity contribution in [3.05, 3.63) is 41.6 Å². The summed E-state index contributed by atoms with van der Waals surface area (Å²) >= 11 is 0. The Labute approximate surface area is 117 Å². The Kier molecular flexibility index (Phi) is 3.83. The van der Waals surface area contributed by atoms with E-state index in [9.17, 15) is 4.79 Å². The van der Waals surface area contributed by atoms with E-state index in [-0.39, 0.29) is 23.6 Å². The van der Waals surface area contributed by atoms with Gasteiger partial charge in [-0.2, -0.15) is 0 Å². The zero-order valence-corrected chi connectivity index (χ0v) is 12.1. The fourth-order valence-electron chi connectivity index (χ4n) is 1.48. The molecule has 0 aliphatic heterocycles. The second-order valence-electron chi connectivity index (χ2n) is 5.65. The van der Waals surface area contributed by atoms with Crippen molar-refractivity contribution in [2.45, 2.75) is 39.7 Å². The van der Waals surface area contributed by atoms with Crippen LogP contribution in [0.15, 0.2) is 23.1 Å². The summed E-state index contributed by atoms with van der Waals surface area (Å²) in [5, 5.41) is 2.71. The van der Waals surface area contributed by atoms with Crippen molar-refractivity contribution in [1.29, 1.82) is 0 Å². The second kappa shape index (κ2) is 5.40. The van der Waals surface area contributed by atoms with Crippen LogP contribution in [-0.2, 0) is 12.0 Å². The average molecular weight is 274 g/mol. The van der Waals surface area contributed by atoms with E-state index in [1.54, 1.807) is 12.4 Å². The van der Waals surface area contributed by atoms with Crippen LogP contribution >= 0.6 is 0 Å². The third kappa shape index (κ3) is 3.40. The molecule has 0 atom stereocenters. The lowest BCUT2D eigenvalue weighted by atomic mass is 9.97. The van der Waals surface area contributed by atoms with Crippen molar-refractivity contribution < 1.29 is 9.21 Å². The largest absolute Gasteiger partial charge is 0.448 e. The van der Waals surface area contributed by atoms with Gasteiger partial charge in [0.15, 0.2) is 11.6 Å². The molecule has 2 heterocycles. The number of carbonyl (C=O) groups excluding carboxylic acids is 1. The predicted molar refractivity (Wildman–Crippen MR) is 73.1 cm³/mol. The molecule has 0 aliphatic rings. The maximum Gasteiger partial charge on any atom is 0.273 e. The third-order valence-electron chi connectivity index (χ3n) is 2.62. The molecule has 0 spiro atoms. The van der Waals surface area contributed by atoms with Crippen LogP contribution in [0.5, 0.6) is 0 Å². The Morgan fingerprint density at radius 1 is 1.30 bits per heavy atom. The molecule has 0 aromatic carbocycles. The highest BCUT2D eigenvalue weighted by atomic mass is 16.3. The van der Waals surface area contributed by atoms with Crippen molar-refractivity contribution in [2.75, 3.05) is 0 Å². The van der Waals surface area contributed by atoms with Gasteiger partial charge in [0.1, 0.15) is 12.1 Å². The van der Waals surface area contributed by atoms with Gasteiger partial charge >= 0.3 is 0 Å². The predicted octanol–water partition coefficient (Wildman–Crippen LogP) is 2.00. The van der Waals surface area contributed by atoms with E-state index >= 15 is 0 Å². The second-order valence-corrected chi connectivity index (χ2v) is 5.65. The van der Waals surface area contributed by atoms with Crippen molar-refractivity contribution in [3.63, 3.8) is 0 Å². The summed E-state index contributed by atoms with van der Waals surface area (Å²) in [5.41, 5.74) is 1.02. The molecule has 1 amide bonds. The number of hydrogen-bond donors (Lipinski definition) is 1. The summed E-state index contributed by atoms with van der Waals surface area (Å²) in [7, 11) is 0. The molecule has 2 rings (SSSR count). The summed E-state index contributed by atoms with van der Waals surface area (Å²) in [6.45, 7) is 8.09. The molecular weight excluding hydrogens is 256 g/mol. The molecule has 2 aromatic heterocycles. The zero-order chi connectivity index (χ0) is 14.8. The molecule has 20 heavy (non-hydrogen) atoms. The average Bonchev–Trinajstić information content (AvgIpc) is 2.87. The molecule has 0 fully saturated rings. The minimum absolute atomic E-state index is 0.224. The van der Waals surface area contributed by atoms with E-state index in [4.69, 9.17) is 4.42 Å². The number of nitrogens with zero attached hydrogens (tertiary/aromatic N) is 3. The molecule has 2 aromatic rings. The summed E-state index contributed by atoms with van der Waals surface area (Å²) in [4.78, 5) is 24.4. The minimum Gasteiger partial charge on any atom is -0.448 e. The summed E-state index contributed by atoms with van der Waals surface area (Å²) in [6.07, 6.45) is 4.79. The van der Waals surface area contributed by atoms with Crippen LogP contribution in [0, 0.1) is 6.92 Å². The normalized spacial score (nSPS) is 11.4. The maximum absolute atomic E-state index is 11.9. The van der Waals surface area contributed by atoms with Crippen LogP contribution < -0.4 is 5.32 Å². The van der Waals surface area contributed by atoms with E-state index in [0.29, 0.717) is 11.7 Å². The first kappa shape index (κ1) is 14.2. The topological polar surface area (TPSA) is 80.9 Å². The lowest BCUT2D eigenvalue weighted by Crippen LogP contribution is -2.24. The minimum atomic E-state index is -0.298. The van der Waals surface area contributed by atoms with Gasteiger partial charge in [-0.1, -0.05) is 20.8 Å². The molecule has 1 N–H and O–H groups in total. The molecular formula is C14H18N4O2. The van der Waals surface area contributed by atoms with Gasteiger partial charge in [0, 0.05) is 17.8 Å². The number of aromatic nitrogens is 3. The highest BCUT2D eigenvalue weighted by molar-refractivity contribution is 5.91. The Hall–Kier alpha value is -2.24. The summed E-state index contributed by atoms with van der Waals surface area (Å²) in [5.74, 6) is 0.797. The van der Waals surface area contributed by atoms with E-state index in [1.165, 1.54) is 6.26 Å². The Morgan fingerprint density at radius 2 is 1.95 bits per heavy atom. The molecule has 0 saturated carbocycles. The Balaban J connectivity index is 1.98. The Bertz CT molecular complexity index is 596. The number of nitrogens with one attached hydrogen (secondary N) is 1. The maximum atomic E-state index is 11.9. The van der Waals surface area contributed by atoms with Crippen molar-refractivity contribution in [2.24, 2.45) is 0 Å². The van der Waals surface area contributed by atoms with E-state index in [2.05, 4.69) is 20.3 Å². The van der Waals surface area contributed by atoms with Crippen molar-refractivity contribution in [1.82, 2.24) is 20.3 Å². The first-order valence-electron chi connectivity index (χ1n) is 6.38. The van der Waals surface area contributed by atoms with Gasteiger partial charge in [-0.05, 0) is 12.5 Å². The highest BCUT2D eigenvalue weighted by Gasteiger charge is 2.22. The quantitative estimate of drug-likeness (QED) is 0.925. The molecule has 106 valence electrons. The number of rotatable bonds is 3. The summed E-state index contributed by atoms with van der Waals surface area (Å²) in [6, 6.07) is 0. The number of aryl methyl sites for hydroxylation is 1. The first-order chi connectivity index (χ1) is 9.36. The monoisotopic (exact) mass is 274 g/mol. The van der Waals surface area contributed by atoms with Gasteiger partial charge in [-0.15, -0.1) is 0 Å². The lowest BCUT2D eigenvalue weighted by Gasteiger charge is -2.11. The smallest absolute Gasteiger partial charge is 0.273 e. The Morgan fingerprint density at radius 3 is 2.50 bits per heavy atom. The van der Waals surface area contributed by atoms with Crippen molar-refractivity contribution in [3.8, 4) is 0 Å².